The summed E-state index contributed by atoms with van der Waals surface area (Å²) in [6.45, 7) is 1.81. The van der Waals surface area contributed by atoms with Gasteiger partial charge in [0.15, 0.2) is 0 Å². The molecule has 0 radical (unpaired) electrons. The van der Waals surface area contributed by atoms with E-state index in [1.54, 1.807) is 6.07 Å². The number of likely N-dealkylation sites (N-methyl/N-ethyl adjacent to an activating group) is 2. The number of anilines is 1. The quantitative estimate of drug-likeness (QED) is 0.814. The van der Waals surface area contributed by atoms with Crippen LogP contribution in [0.25, 0.3) is 6.08 Å². The van der Waals surface area contributed by atoms with E-state index >= 15 is 0 Å². The number of carboxylic acids is 1. The lowest BCUT2D eigenvalue weighted by atomic mass is 10.2. The summed E-state index contributed by atoms with van der Waals surface area (Å²) in [5.41, 5.74) is 1.72. The first kappa shape index (κ1) is 15.5. The minimum atomic E-state index is -0.969. The maximum absolute atomic E-state index is 10.4. The number of rotatable bonds is 6. The number of nitrogens with zero attached hydrogens (tertiary/aromatic N) is 2. The van der Waals surface area contributed by atoms with Gasteiger partial charge in [0.25, 0.3) is 0 Å². The van der Waals surface area contributed by atoms with Crippen LogP contribution < -0.4 is 4.90 Å². The van der Waals surface area contributed by atoms with Crippen molar-refractivity contribution < 1.29 is 9.90 Å². The molecule has 1 rings (SSSR count). The van der Waals surface area contributed by atoms with Gasteiger partial charge >= 0.3 is 5.97 Å². The molecule has 0 aromatic heterocycles. The predicted octanol–water partition coefficient (Wildman–Crippen LogP) is 2.44. The molecule has 0 bridgehead atoms. The minimum Gasteiger partial charge on any atom is -0.478 e. The number of hydrogen-bond acceptors (Lipinski definition) is 3. The van der Waals surface area contributed by atoms with Crippen LogP contribution in [-0.2, 0) is 4.79 Å². The van der Waals surface area contributed by atoms with E-state index in [-0.39, 0.29) is 0 Å². The van der Waals surface area contributed by atoms with Crippen LogP contribution >= 0.6 is 11.6 Å². The predicted molar refractivity (Wildman–Crippen MR) is 79.9 cm³/mol. The summed E-state index contributed by atoms with van der Waals surface area (Å²) < 4.78 is 0. The molecule has 0 saturated heterocycles. The molecule has 0 heterocycles. The first-order chi connectivity index (χ1) is 8.90. The zero-order chi connectivity index (χ0) is 14.4. The van der Waals surface area contributed by atoms with E-state index < -0.39 is 5.97 Å². The smallest absolute Gasteiger partial charge is 0.328 e. The van der Waals surface area contributed by atoms with Gasteiger partial charge in [0.2, 0.25) is 0 Å². The fraction of sp³-hybridized carbons (Fsp3) is 0.357. The Labute approximate surface area is 118 Å². The van der Waals surface area contributed by atoms with Crippen molar-refractivity contribution >= 4 is 29.3 Å². The van der Waals surface area contributed by atoms with E-state index in [1.807, 2.05) is 33.3 Å². The molecule has 4 nitrogen and oxygen atoms in total. The molecule has 0 saturated carbocycles. The van der Waals surface area contributed by atoms with Crippen molar-refractivity contribution in [3.05, 3.63) is 34.9 Å². The molecule has 0 unspecified atom stereocenters. The van der Waals surface area contributed by atoms with Gasteiger partial charge in [-0.1, -0.05) is 17.7 Å². The first-order valence-electron chi connectivity index (χ1n) is 5.96. The Kier molecular flexibility index (Phi) is 5.86. The van der Waals surface area contributed by atoms with Crippen molar-refractivity contribution in [3.63, 3.8) is 0 Å². The van der Waals surface area contributed by atoms with Crippen molar-refractivity contribution in [1.29, 1.82) is 0 Å². The molecule has 0 aliphatic carbocycles. The van der Waals surface area contributed by atoms with Crippen molar-refractivity contribution in [2.75, 3.05) is 39.1 Å². The molecule has 0 atom stereocenters. The number of halogens is 1. The van der Waals surface area contributed by atoms with E-state index in [0.29, 0.717) is 5.02 Å². The van der Waals surface area contributed by atoms with E-state index in [2.05, 4.69) is 9.80 Å². The molecule has 0 fully saturated rings. The van der Waals surface area contributed by atoms with Gasteiger partial charge in [0.1, 0.15) is 0 Å². The number of benzene rings is 1. The summed E-state index contributed by atoms with van der Waals surface area (Å²) in [7, 11) is 6.03. The zero-order valence-corrected chi connectivity index (χ0v) is 12.2. The zero-order valence-electron chi connectivity index (χ0n) is 11.4. The van der Waals surface area contributed by atoms with Gasteiger partial charge in [-0.2, -0.15) is 0 Å². The van der Waals surface area contributed by atoms with Gasteiger partial charge in [-0.3, -0.25) is 0 Å². The molecule has 0 spiro atoms. The molecule has 0 aliphatic rings. The number of hydrogen-bond donors (Lipinski definition) is 1. The van der Waals surface area contributed by atoms with Gasteiger partial charge in [0, 0.05) is 26.2 Å². The fourth-order valence-corrected chi connectivity index (χ4v) is 1.91. The fourth-order valence-electron chi connectivity index (χ4n) is 1.57. The Bertz CT molecular complexity index is 473. The lowest BCUT2D eigenvalue weighted by Gasteiger charge is -2.22. The molecule has 1 aromatic rings. The van der Waals surface area contributed by atoms with E-state index in [1.165, 1.54) is 6.08 Å². The molecular formula is C14H19ClN2O2. The van der Waals surface area contributed by atoms with Crippen LogP contribution in [0.5, 0.6) is 0 Å². The third kappa shape index (κ3) is 5.32. The van der Waals surface area contributed by atoms with Crippen LogP contribution in [0.1, 0.15) is 5.56 Å². The molecule has 1 aromatic carbocycles. The second kappa shape index (κ2) is 7.16. The van der Waals surface area contributed by atoms with Crippen molar-refractivity contribution in [2.24, 2.45) is 0 Å². The van der Waals surface area contributed by atoms with E-state index in [4.69, 9.17) is 16.7 Å². The van der Waals surface area contributed by atoms with Gasteiger partial charge in [-0.25, -0.2) is 4.79 Å². The van der Waals surface area contributed by atoms with Crippen LogP contribution in [0.2, 0.25) is 5.02 Å². The van der Waals surface area contributed by atoms with Crippen LogP contribution in [0, 0.1) is 0 Å². The molecule has 1 N–H and O–H groups in total. The summed E-state index contributed by atoms with van der Waals surface area (Å²) in [4.78, 5) is 14.6. The average Bonchev–Trinajstić information content (AvgIpc) is 2.33. The first-order valence-corrected chi connectivity index (χ1v) is 6.34. The highest BCUT2D eigenvalue weighted by Gasteiger charge is 2.06. The number of carbonyl (C=O) groups is 1. The van der Waals surface area contributed by atoms with Crippen LogP contribution in [0.15, 0.2) is 24.3 Å². The van der Waals surface area contributed by atoms with Gasteiger partial charge in [-0.15, -0.1) is 0 Å². The minimum absolute atomic E-state index is 0.619. The standard InChI is InChI=1S/C14H19ClN2O2/c1-16(2)8-9-17(3)13-6-4-11(10-12(13)15)5-7-14(18)19/h4-7,10H,8-9H2,1-3H3,(H,18,19)/b7-5+. The second-order valence-corrected chi connectivity index (χ2v) is 5.01. The molecule has 0 amide bonds. The maximum atomic E-state index is 10.4. The summed E-state index contributed by atoms with van der Waals surface area (Å²) >= 11 is 6.22. The lowest BCUT2D eigenvalue weighted by Crippen LogP contribution is -2.28. The third-order valence-electron chi connectivity index (χ3n) is 2.68. The SMILES string of the molecule is CN(C)CCN(C)c1ccc(/C=C/C(=O)O)cc1Cl. The second-order valence-electron chi connectivity index (χ2n) is 4.61. The summed E-state index contributed by atoms with van der Waals surface area (Å²) in [6, 6.07) is 5.52. The Hall–Kier alpha value is -1.52. The maximum Gasteiger partial charge on any atom is 0.328 e. The monoisotopic (exact) mass is 282 g/mol. The lowest BCUT2D eigenvalue weighted by molar-refractivity contribution is -0.131. The normalized spacial score (nSPS) is 11.2. The number of aliphatic carboxylic acids is 1. The largest absolute Gasteiger partial charge is 0.478 e. The van der Waals surface area contributed by atoms with Gasteiger partial charge in [0.05, 0.1) is 10.7 Å². The van der Waals surface area contributed by atoms with E-state index in [0.717, 1.165) is 30.4 Å². The topological polar surface area (TPSA) is 43.8 Å². The molecule has 19 heavy (non-hydrogen) atoms. The Balaban J connectivity index is 2.79. The molecule has 5 heteroatoms. The van der Waals surface area contributed by atoms with Gasteiger partial charge < -0.3 is 14.9 Å². The Morgan fingerprint density at radius 3 is 2.53 bits per heavy atom. The van der Waals surface area contributed by atoms with Crippen molar-refractivity contribution in [2.45, 2.75) is 0 Å². The Morgan fingerprint density at radius 1 is 1.32 bits per heavy atom. The van der Waals surface area contributed by atoms with Crippen LogP contribution in [0.4, 0.5) is 5.69 Å². The average molecular weight is 283 g/mol. The summed E-state index contributed by atoms with van der Waals surface area (Å²) in [5.74, 6) is -0.969. The van der Waals surface area contributed by atoms with Crippen LogP contribution in [-0.4, -0.2) is 50.2 Å². The van der Waals surface area contributed by atoms with Crippen LogP contribution in [0.3, 0.4) is 0 Å². The highest BCUT2D eigenvalue weighted by Crippen LogP contribution is 2.26. The molecular weight excluding hydrogens is 264 g/mol. The van der Waals surface area contributed by atoms with Crippen molar-refractivity contribution in [1.82, 2.24) is 4.90 Å². The summed E-state index contributed by atoms with van der Waals surface area (Å²) in [6.07, 6.45) is 2.62. The van der Waals surface area contributed by atoms with Gasteiger partial charge in [-0.05, 0) is 37.9 Å². The third-order valence-corrected chi connectivity index (χ3v) is 2.99. The highest BCUT2D eigenvalue weighted by atomic mass is 35.5. The Morgan fingerprint density at radius 2 is 2.00 bits per heavy atom. The summed E-state index contributed by atoms with van der Waals surface area (Å²) in [5, 5.41) is 9.20. The molecule has 104 valence electrons. The molecule has 0 aliphatic heterocycles. The van der Waals surface area contributed by atoms with E-state index in [9.17, 15) is 4.79 Å². The van der Waals surface area contributed by atoms with Crippen molar-refractivity contribution in [3.8, 4) is 0 Å². The number of carboxylic acid groups (broad SMARTS) is 1. The highest BCUT2D eigenvalue weighted by molar-refractivity contribution is 6.33.